The average molecular weight is 276 g/mol. The number of fused-ring (bicyclic) bond motifs is 1. The van der Waals surface area contributed by atoms with Gasteiger partial charge in [0.1, 0.15) is 24.3 Å². The van der Waals surface area contributed by atoms with E-state index in [0.717, 1.165) is 24.2 Å². The number of ether oxygens (including phenoxy) is 1. The largest absolute Gasteiger partial charge is 0.474 e. The van der Waals surface area contributed by atoms with Crippen LogP contribution in [0.3, 0.4) is 0 Å². The summed E-state index contributed by atoms with van der Waals surface area (Å²) in [6.07, 6.45) is 1.97. The van der Waals surface area contributed by atoms with Crippen LogP contribution in [0.5, 0.6) is 5.88 Å². The Morgan fingerprint density at radius 1 is 1.60 bits per heavy atom. The Hall–Kier alpha value is -1.84. The Labute approximate surface area is 118 Å². The summed E-state index contributed by atoms with van der Waals surface area (Å²) >= 11 is 0. The normalized spacial score (nSPS) is 14.6. The predicted octanol–water partition coefficient (Wildman–Crippen LogP) is 0.659. The van der Waals surface area contributed by atoms with Gasteiger partial charge in [-0.05, 0) is 12.0 Å². The van der Waals surface area contributed by atoms with Gasteiger partial charge in [-0.25, -0.2) is 4.98 Å². The fraction of sp³-hybridized carbons (Fsp3) is 0.571. The zero-order valence-electron chi connectivity index (χ0n) is 11.8. The lowest BCUT2D eigenvalue weighted by Gasteiger charge is -2.15. The van der Waals surface area contributed by atoms with Crippen LogP contribution < -0.4 is 15.4 Å². The predicted molar refractivity (Wildman–Crippen MR) is 75.8 cm³/mol. The summed E-state index contributed by atoms with van der Waals surface area (Å²) in [6, 6.07) is 2.43. The second-order valence-electron chi connectivity index (χ2n) is 5.15. The van der Waals surface area contributed by atoms with Crippen LogP contribution in [0.25, 0.3) is 0 Å². The van der Waals surface area contributed by atoms with E-state index in [9.17, 15) is 10.4 Å². The molecule has 0 spiro atoms. The third kappa shape index (κ3) is 3.38. The van der Waals surface area contributed by atoms with Crippen molar-refractivity contribution in [1.82, 2.24) is 10.3 Å². The van der Waals surface area contributed by atoms with Crippen LogP contribution in [-0.4, -0.2) is 41.9 Å². The highest BCUT2D eigenvalue weighted by Crippen LogP contribution is 2.30. The van der Waals surface area contributed by atoms with Crippen molar-refractivity contribution in [3.8, 4) is 11.9 Å². The van der Waals surface area contributed by atoms with Crippen molar-refractivity contribution in [2.24, 2.45) is 0 Å². The summed E-state index contributed by atoms with van der Waals surface area (Å²) in [4.78, 5) is 4.17. The van der Waals surface area contributed by atoms with Crippen LogP contribution >= 0.6 is 0 Å². The van der Waals surface area contributed by atoms with Crippen molar-refractivity contribution >= 4 is 5.69 Å². The molecule has 0 bridgehead atoms. The minimum Gasteiger partial charge on any atom is -0.474 e. The quantitative estimate of drug-likeness (QED) is 0.707. The van der Waals surface area contributed by atoms with Crippen LogP contribution in [0.15, 0.2) is 6.20 Å². The number of nitrogens with one attached hydrogen (secondary N) is 2. The lowest BCUT2D eigenvalue weighted by molar-refractivity contribution is 0.102. The minimum atomic E-state index is -0.632. The molecule has 1 aliphatic heterocycles. The van der Waals surface area contributed by atoms with E-state index in [0.29, 0.717) is 18.2 Å². The number of hydrogen-bond acceptors (Lipinski definition) is 6. The monoisotopic (exact) mass is 276 g/mol. The summed E-state index contributed by atoms with van der Waals surface area (Å²) in [5.74, 6) is 0.282. The first-order valence-electron chi connectivity index (χ1n) is 6.82. The molecule has 0 saturated heterocycles. The fourth-order valence-corrected chi connectivity index (χ4v) is 2.07. The first-order valence-corrected chi connectivity index (χ1v) is 6.82. The van der Waals surface area contributed by atoms with Crippen LogP contribution in [0.2, 0.25) is 0 Å². The lowest BCUT2D eigenvalue weighted by Crippen LogP contribution is -2.35. The number of pyridine rings is 1. The van der Waals surface area contributed by atoms with Crippen LogP contribution in [0.1, 0.15) is 25.0 Å². The van der Waals surface area contributed by atoms with E-state index >= 15 is 0 Å². The van der Waals surface area contributed by atoms with E-state index in [1.165, 1.54) is 0 Å². The van der Waals surface area contributed by atoms with Crippen molar-refractivity contribution in [3.05, 3.63) is 17.3 Å². The molecule has 0 fully saturated rings. The molecule has 1 unspecified atom stereocenters. The average Bonchev–Trinajstić information content (AvgIpc) is 2.90. The molecule has 1 aromatic heterocycles. The van der Waals surface area contributed by atoms with E-state index < -0.39 is 6.10 Å². The third-order valence-electron chi connectivity index (χ3n) is 3.10. The van der Waals surface area contributed by atoms with Crippen molar-refractivity contribution in [2.45, 2.75) is 32.4 Å². The van der Waals surface area contributed by atoms with Gasteiger partial charge in [0, 0.05) is 25.3 Å². The number of nitrogens with zero attached hydrogens (tertiary/aromatic N) is 2. The van der Waals surface area contributed by atoms with E-state index in [1.54, 1.807) is 6.20 Å². The zero-order chi connectivity index (χ0) is 14.5. The van der Waals surface area contributed by atoms with Gasteiger partial charge in [0.25, 0.3) is 0 Å². The number of aromatic nitrogens is 1. The van der Waals surface area contributed by atoms with Gasteiger partial charge in [-0.1, -0.05) is 13.8 Å². The lowest BCUT2D eigenvalue weighted by atomic mass is 10.1. The number of nitriles is 1. The van der Waals surface area contributed by atoms with Crippen molar-refractivity contribution < 1.29 is 9.84 Å². The number of hydrogen-bond donors (Lipinski definition) is 3. The maximum Gasteiger partial charge on any atom is 0.233 e. The fourth-order valence-electron chi connectivity index (χ4n) is 2.07. The topological polar surface area (TPSA) is 90.2 Å². The first kappa shape index (κ1) is 14.6. The van der Waals surface area contributed by atoms with Crippen LogP contribution in [-0.2, 0) is 6.42 Å². The molecule has 3 N–H and O–H groups in total. The Morgan fingerprint density at radius 3 is 3.10 bits per heavy atom. The first-order chi connectivity index (χ1) is 9.61. The molecule has 0 aliphatic carbocycles. The van der Waals surface area contributed by atoms with E-state index in [1.807, 2.05) is 13.8 Å². The highest BCUT2D eigenvalue weighted by atomic mass is 16.5. The zero-order valence-corrected chi connectivity index (χ0v) is 11.8. The smallest absolute Gasteiger partial charge is 0.233 e. The summed E-state index contributed by atoms with van der Waals surface area (Å²) in [5.41, 5.74) is 2.27. The van der Waals surface area contributed by atoms with Gasteiger partial charge < -0.3 is 20.5 Å². The molecular weight excluding hydrogens is 256 g/mol. The molecule has 20 heavy (non-hydrogen) atoms. The Morgan fingerprint density at radius 2 is 2.40 bits per heavy atom. The Kier molecular flexibility index (Phi) is 4.77. The molecule has 1 atom stereocenters. The molecule has 1 aliphatic rings. The maximum absolute atomic E-state index is 9.80. The standard InChI is InChI=1S/C14H20N4O2/c1-9(2)17-7-11(19)8-20-14-12(5-15)13-10(6-18-14)3-4-16-13/h6,9,11,16-17,19H,3-4,7-8H2,1-2H3. The molecule has 0 radical (unpaired) electrons. The number of aliphatic hydroxyl groups excluding tert-OH is 1. The van der Waals surface area contributed by atoms with Crippen molar-refractivity contribution in [2.75, 3.05) is 25.0 Å². The minimum absolute atomic E-state index is 0.111. The summed E-state index contributed by atoms with van der Waals surface area (Å²) in [7, 11) is 0. The highest BCUT2D eigenvalue weighted by Gasteiger charge is 2.20. The third-order valence-corrected chi connectivity index (χ3v) is 3.10. The maximum atomic E-state index is 9.80. The SMILES string of the molecule is CC(C)NCC(O)COc1ncc2c(c1C#N)NCC2. The Balaban J connectivity index is 1.98. The highest BCUT2D eigenvalue weighted by molar-refractivity contribution is 5.68. The van der Waals surface area contributed by atoms with Gasteiger partial charge >= 0.3 is 0 Å². The Bertz CT molecular complexity index is 511. The molecule has 108 valence electrons. The molecule has 0 saturated carbocycles. The van der Waals surface area contributed by atoms with Crippen molar-refractivity contribution in [1.29, 1.82) is 5.26 Å². The molecule has 2 rings (SSSR count). The number of anilines is 1. The summed E-state index contributed by atoms with van der Waals surface area (Å²) in [6.45, 7) is 5.39. The molecule has 0 aromatic carbocycles. The van der Waals surface area contributed by atoms with Crippen LogP contribution in [0, 0.1) is 11.3 Å². The molecule has 1 aromatic rings. The van der Waals surface area contributed by atoms with Crippen LogP contribution in [0.4, 0.5) is 5.69 Å². The van der Waals surface area contributed by atoms with Gasteiger partial charge in [-0.15, -0.1) is 0 Å². The van der Waals surface area contributed by atoms with Gasteiger partial charge in [0.2, 0.25) is 5.88 Å². The second-order valence-corrected chi connectivity index (χ2v) is 5.15. The van der Waals surface area contributed by atoms with E-state index in [2.05, 4.69) is 21.7 Å². The van der Waals surface area contributed by atoms with Gasteiger partial charge in [0.05, 0.1) is 5.69 Å². The van der Waals surface area contributed by atoms with Gasteiger partial charge in [-0.2, -0.15) is 5.26 Å². The van der Waals surface area contributed by atoms with Crippen molar-refractivity contribution in [3.63, 3.8) is 0 Å². The molecule has 6 nitrogen and oxygen atoms in total. The molecule has 2 heterocycles. The van der Waals surface area contributed by atoms with E-state index in [-0.39, 0.29) is 12.5 Å². The van der Waals surface area contributed by atoms with Gasteiger partial charge in [0.15, 0.2) is 0 Å². The number of aliphatic hydroxyl groups is 1. The summed E-state index contributed by atoms with van der Waals surface area (Å²) < 4.78 is 5.48. The van der Waals surface area contributed by atoms with E-state index in [4.69, 9.17) is 4.74 Å². The molecule has 6 heteroatoms. The summed E-state index contributed by atoms with van der Waals surface area (Å²) in [5, 5.41) is 25.3. The molecular formula is C14H20N4O2. The second kappa shape index (κ2) is 6.55. The van der Waals surface area contributed by atoms with Gasteiger partial charge in [-0.3, -0.25) is 0 Å². The number of rotatable bonds is 6. The molecule has 0 amide bonds.